The number of nitrogens with zero attached hydrogens (tertiary/aromatic N) is 2. The van der Waals surface area contributed by atoms with E-state index in [0.717, 1.165) is 22.0 Å². The Hall–Kier alpha value is -1.90. The van der Waals surface area contributed by atoms with Crippen LogP contribution in [0.4, 0.5) is 0 Å². The Morgan fingerprint density at radius 1 is 1.35 bits per heavy atom. The molecule has 0 saturated heterocycles. The number of thioether (sulfide) groups is 1. The first kappa shape index (κ1) is 14.5. The van der Waals surface area contributed by atoms with Crippen molar-refractivity contribution >= 4 is 11.8 Å². The quantitative estimate of drug-likeness (QED) is 0.518. The predicted octanol–water partition coefficient (Wildman–Crippen LogP) is 1.90. The summed E-state index contributed by atoms with van der Waals surface area (Å²) in [5.41, 5.74) is 6.28. The number of rotatable bonds is 5. The monoisotopic (exact) mass is 287 g/mol. The number of hydrogen-bond acceptors (Lipinski definition) is 4. The molecular formula is C15H17N3OS. The Labute approximate surface area is 123 Å². The van der Waals surface area contributed by atoms with Gasteiger partial charge in [-0.25, -0.2) is 0 Å². The average Bonchev–Trinajstić information content (AvgIpc) is 2.88. The number of benzene rings is 1. The topological polar surface area (TPSA) is 53.1 Å². The maximum atomic E-state index is 5.67. The minimum atomic E-state index is 0.379. The van der Waals surface area contributed by atoms with E-state index >= 15 is 0 Å². The summed E-state index contributed by atoms with van der Waals surface area (Å²) >= 11 is 1.73. The van der Waals surface area contributed by atoms with Crippen molar-refractivity contribution < 1.29 is 4.74 Å². The van der Waals surface area contributed by atoms with Gasteiger partial charge in [-0.2, -0.15) is 5.10 Å². The van der Waals surface area contributed by atoms with Crippen molar-refractivity contribution in [1.82, 2.24) is 9.78 Å². The summed E-state index contributed by atoms with van der Waals surface area (Å²) in [6.45, 7) is 1.04. The SMILES string of the molecule is Cn1cc(SCCOc2ccc(C#CCN)cc2)cn1. The fourth-order valence-electron chi connectivity index (χ4n) is 1.58. The molecule has 0 amide bonds. The molecule has 0 aliphatic heterocycles. The van der Waals surface area contributed by atoms with Gasteiger partial charge in [0.25, 0.3) is 0 Å². The number of hydrogen-bond donors (Lipinski definition) is 1. The highest BCUT2D eigenvalue weighted by Gasteiger charge is 1.98. The molecule has 0 aliphatic carbocycles. The van der Waals surface area contributed by atoms with Crippen LogP contribution in [0.25, 0.3) is 0 Å². The minimum Gasteiger partial charge on any atom is -0.493 e. The van der Waals surface area contributed by atoms with Crippen LogP contribution in [0.1, 0.15) is 5.56 Å². The Balaban J connectivity index is 1.74. The maximum Gasteiger partial charge on any atom is 0.119 e. The van der Waals surface area contributed by atoms with Gasteiger partial charge >= 0.3 is 0 Å². The van der Waals surface area contributed by atoms with Gasteiger partial charge < -0.3 is 10.5 Å². The van der Waals surface area contributed by atoms with Crippen LogP contribution in [0.2, 0.25) is 0 Å². The summed E-state index contributed by atoms with van der Waals surface area (Å²) in [5, 5.41) is 4.12. The van der Waals surface area contributed by atoms with Gasteiger partial charge in [-0.3, -0.25) is 4.68 Å². The van der Waals surface area contributed by atoms with Crippen LogP contribution in [0.15, 0.2) is 41.6 Å². The van der Waals surface area contributed by atoms with Crippen molar-refractivity contribution in [2.24, 2.45) is 12.8 Å². The summed E-state index contributed by atoms with van der Waals surface area (Å²) in [6, 6.07) is 7.73. The van der Waals surface area contributed by atoms with E-state index in [1.54, 1.807) is 16.4 Å². The Kier molecular flexibility index (Phi) is 5.54. The maximum absolute atomic E-state index is 5.67. The minimum absolute atomic E-state index is 0.379. The van der Waals surface area contributed by atoms with E-state index in [1.165, 1.54) is 0 Å². The molecule has 2 aromatic rings. The van der Waals surface area contributed by atoms with E-state index in [-0.39, 0.29) is 0 Å². The van der Waals surface area contributed by atoms with Crippen molar-refractivity contribution in [1.29, 1.82) is 0 Å². The van der Waals surface area contributed by atoms with Gasteiger partial charge in [0.1, 0.15) is 5.75 Å². The van der Waals surface area contributed by atoms with Crippen LogP contribution < -0.4 is 10.5 Å². The Morgan fingerprint density at radius 3 is 2.80 bits per heavy atom. The molecule has 1 heterocycles. The molecule has 0 spiro atoms. The molecule has 2 rings (SSSR count). The van der Waals surface area contributed by atoms with E-state index < -0.39 is 0 Å². The van der Waals surface area contributed by atoms with E-state index in [1.807, 2.05) is 43.7 Å². The van der Waals surface area contributed by atoms with Crippen LogP contribution in [0.3, 0.4) is 0 Å². The van der Waals surface area contributed by atoms with Gasteiger partial charge in [0.05, 0.1) is 19.3 Å². The zero-order chi connectivity index (χ0) is 14.2. The third-order valence-electron chi connectivity index (χ3n) is 2.49. The summed E-state index contributed by atoms with van der Waals surface area (Å²) in [5.74, 6) is 7.55. The van der Waals surface area contributed by atoms with E-state index in [2.05, 4.69) is 16.9 Å². The lowest BCUT2D eigenvalue weighted by molar-refractivity contribution is 0.344. The van der Waals surface area contributed by atoms with Gasteiger partial charge in [-0.05, 0) is 24.3 Å². The number of nitrogens with two attached hydrogens (primary N) is 1. The Morgan fingerprint density at radius 2 is 2.15 bits per heavy atom. The zero-order valence-electron chi connectivity index (χ0n) is 11.4. The predicted molar refractivity (Wildman–Crippen MR) is 81.8 cm³/mol. The molecule has 0 saturated carbocycles. The molecule has 1 aromatic heterocycles. The van der Waals surface area contributed by atoms with Crippen molar-refractivity contribution in [3.63, 3.8) is 0 Å². The van der Waals surface area contributed by atoms with Crippen LogP contribution in [0, 0.1) is 11.8 Å². The highest BCUT2D eigenvalue weighted by atomic mass is 32.2. The third kappa shape index (κ3) is 4.65. The van der Waals surface area contributed by atoms with Crippen LogP contribution in [-0.2, 0) is 7.05 Å². The van der Waals surface area contributed by atoms with Gasteiger partial charge in [-0.1, -0.05) is 11.8 Å². The van der Waals surface area contributed by atoms with Crippen molar-refractivity contribution in [3.8, 4) is 17.6 Å². The van der Waals surface area contributed by atoms with Crippen molar-refractivity contribution in [3.05, 3.63) is 42.2 Å². The van der Waals surface area contributed by atoms with Crippen LogP contribution in [-0.4, -0.2) is 28.7 Å². The van der Waals surface area contributed by atoms with Gasteiger partial charge in [-0.15, -0.1) is 11.8 Å². The lowest BCUT2D eigenvalue weighted by Crippen LogP contribution is -1.99. The molecule has 0 bridgehead atoms. The van der Waals surface area contributed by atoms with Crippen molar-refractivity contribution in [2.45, 2.75) is 4.90 Å². The normalized spacial score (nSPS) is 9.90. The molecule has 4 nitrogen and oxygen atoms in total. The summed E-state index contributed by atoms with van der Waals surface area (Å²) in [6.07, 6.45) is 3.85. The molecular weight excluding hydrogens is 270 g/mol. The first-order chi connectivity index (χ1) is 9.78. The molecule has 0 atom stereocenters. The highest BCUT2D eigenvalue weighted by molar-refractivity contribution is 7.99. The molecule has 1 aromatic carbocycles. The fourth-order valence-corrected chi connectivity index (χ4v) is 2.33. The molecule has 20 heavy (non-hydrogen) atoms. The lowest BCUT2D eigenvalue weighted by Gasteiger charge is -2.05. The summed E-state index contributed by atoms with van der Waals surface area (Å²) in [7, 11) is 1.91. The summed E-state index contributed by atoms with van der Waals surface area (Å²) in [4.78, 5) is 1.16. The fraction of sp³-hybridized carbons (Fsp3) is 0.267. The van der Waals surface area contributed by atoms with Crippen molar-refractivity contribution in [2.75, 3.05) is 18.9 Å². The molecule has 0 radical (unpaired) electrons. The van der Waals surface area contributed by atoms with E-state index in [0.29, 0.717) is 13.2 Å². The molecule has 5 heteroatoms. The second kappa shape index (κ2) is 7.63. The molecule has 0 fully saturated rings. The van der Waals surface area contributed by atoms with E-state index in [9.17, 15) is 0 Å². The zero-order valence-corrected chi connectivity index (χ0v) is 12.2. The van der Waals surface area contributed by atoms with Gasteiger partial charge in [0.15, 0.2) is 0 Å². The number of ether oxygens (including phenoxy) is 1. The summed E-state index contributed by atoms with van der Waals surface area (Å²) < 4.78 is 7.47. The van der Waals surface area contributed by atoms with Gasteiger partial charge in [0, 0.05) is 29.5 Å². The first-order valence-corrected chi connectivity index (χ1v) is 7.30. The second-order valence-electron chi connectivity index (χ2n) is 4.08. The second-order valence-corrected chi connectivity index (χ2v) is 5.25. The molecule has 0 unspecified atom stereocenters. The largest absolute Gasteiger partial charge is 0.493 e. The number of aromatic nitrogens is 2. The molecule has 0 aliphatic rings. The first-order valence-electron chi connectivity index (χ1n) is 6.31. The Bertz CT molecular complexity index is 596. The van der Waals surface area contributed by atoms with Crippen LogP contribution >= 0.6 is 11.8 Å². The molecule has 104 valence electrons. The lowest BCUT2D eigenvalue weighted by atomic mass is 10.2. The third-order valence-corrected chi connectivity index (χ3v) is 3.41. The molecule has 2 N–H and O–H groups in total. The van der Waals surface area contributed by atoms with E-state index in [4.69, 9.17) is 10.5 Å². The van der Waals surface area contributed by atoms with Crippen LogP contribution in [0.5, 0.6) is 5.75 Å². The average molecular weight is 287 g/mol. The standard InChI is InChI=1S/C15H17N3OS/c1-18-12-15(11-17-18)20-10-9-19-14-6-4-13(5-7-14)3-2-8-16/h4-7,11-12H,8-10,16H2,1H3. The highest BCUT2D eigenvalue weighted by Crippen LogP contribution is 2.17. The smallest absolute Gasteiger partial charge is 0.119 e. The van der Waals surface area contributed by atoms with Gasteiger partial charge in [0.2, 0.25) is 0 Å². The number of aryl methyl sites for hydroxylation is 1.